The number of rotatable bonds is 6. The Labute approximate surface area is 110 Å². The Morgan fingerprint density at radius 1 is 1.50 bits per heavy atom. The van der Waals surface area contributed by atoms with E-state index in [2.05, 4.69) is 33.4 Å². The number of halogens is 2. The molecule has 1 N–H and O–H groups in total. The molecule has 2 nitrogen and oxygen atoms in total. The van der Waals surface area contributed by atoms with E-state index in [-0.39, 0.29) is 0 Å². The predicted molar refractivity (Wildman–Crippen MR) is 72.1 cm³/mol. The number of benzene rings is 1. The molecular formula is C12H17BrClNO. The minimum atomic E-state index is 0.351. The SMILES string of the molecule is CNC(CCCOC)c1ccc(Cl)c(Br)c1. The lowest BCUT2D eigenvalue weighted by atomic mass is 10.0. The first-order valence-electron chi connectivity index (χ1n) is 5.30. The Morgan fingerprint density at radius 2 is 2.25 bits per heavy atom. The summed E-state index contributed by atoms with van der Waals surface area (Å²) in [5.74, 6) is 0. The van der Waals surface area contributed by atoms with E-state index in [9.17, 15) is 0 Å². The van der Waals surface area contributed by atoms with E-state index in [0.717, 1.165) is 28.9 Å². The molecule has 0 aliphatic carbocycles. The van der Waals surface area contributed by atoms with Gasteiger partial charge in [0.25, 0.3) is 0 Å². The van der Waals surface area contributed by atoms with Crippen LogP contribution in [0.15, 0.2) is 22.7 Å². The fourth-order valence-corrected chi connectivity index (χ4v) is 2.15. The highest BCUT2D eigenvalue weighted by Crippen LogP contribution is 2.27. The Hall–Kier alpha value is -0.0900. The van der Waals surface area contributed by atoms with Crippen molar-refractivity contribution in [3.8, 4) is 0 Å². The highest BCUT2D eigenvalue weighted by molar-refractivity contribution is 9.10. The first kappa shape index (κ1) is 14.0. The molecule has 0 fully saturated rings. The van der Waals surface area contributed by atoms with Gasteiger partial charge in [-0.15, -0.1) is 0 Å². The molecular weight excluding hydrogens is 289 g/mol. The van der Waals surface area contributed by atoms with Crippen LogP contribution in [0.4, 0.5) is 0 Å². The molecule has 0 radical (unpaired) electrons. The maximum Gasteiger partial charge on any atom is 0.0548 e. The van der Waals surface area contributed by atoms with E-state index in [0.29, 0.717) is 6.04 Å². The second-order valence-corrected chi connectivity index (χ2v) is 4.91. The average Bonchev–Trinajstić information content (AvgIpc) is 2.29. The van der Waals surface area contributed by atoms with Crippen LogP contribution in [0.25, 0.3) is 0 Å². The number of hydrogen-bond acceptors (Lipinski definition) is 2. The van der Waals surface area contributed by atoms with E-state index in [4.69, 9.17) is 16.3 Å². The van der Waals surface area contributed by atoms with Crippen molar-refractivity contribution in [2.24, 2.45) is 0 Å². The fourth-order valence-electron chi connectivity index (χ4n) is 1.64. The van der Waals surface area contributed by atoms with Gasteiger partial charge in [-0.2, -0.15) is 0 Å². The van der Waals surface area contributed by atoms with Gasteiger partial charge < -0.3 is 10.1 Å². The third-order valence-electron chi connectivity index (χ3n) is 2.54. The van der Waals surface area contributed by atoms with Gasteiger partial charge in [0.2, 0.25) is 0 Å². The summed E-state index contributed by atoms with van der Waals surface area (Å²) < 4.78 is 6.00. The Bertz CT molecular complexity index is 333. The van der Waals surface area contributed by atoms with Crippen LogP contribution in [0, 0.1) is 0 Å². The van der Waals surface area contributed by atoms with Crippen LogP contribution in [-0.2, 0) is 4.74 Å². The van der Waals surface area contributed by atoms with Gasteiger partial charge in [0.1, 0.15) is 0 Å². The molecule has 1 rings (SSSR count). The molecule has 0 amide bonds. The first-order valence-corrected chi connectivity index (χ1v) is 6.47. The van der Waals surface area contributed by atoms with Gasteiger partial charge in [0, 0.05) is 24.2 Å². The Balaban J connectivity index is 2.67. The monoisotopic (exact) mass is 305 g/mol. The normalized spacial score (nSPS) is 12.8. The zero-order valence-corrected chi connectivity index (χ0v) is 11.9. The molecule has 1 aromatic carbocycles. The lowest BCUT2D eigenvalue weighted by Crippen LogP contribution is -2.16. The molecule has 90 valence electrons. The molecule has 0 heterocycles. The second-order valence-electron chi connectivity index (χ2n) is 3.65. The van der Waals surface area contributed by atoms with Crippen LogP contribution in [0.2, 0.25) is 5.02 Å². The van der Waals surface area contributed by atoms with Crippen LogP contribution in [0.5, 0.6) is 0 Å². The highest BCUT2D eigenvalue weighted by atomic mass is 79.9. The smallest absolute Gasteiger partial charge is 0.0548 e. The van der Waals surface area contributed by atoms with Gasteiger partial charge in [0.05, 0.1) is 5.02 Å². The molecule has 0 bridgehead atoms. The standard InChI is InChI=1S/C12H17BrClNO/c1-15-12(4-3-7-16-2)9-5-6-11(14)10(13)8-9/h5-6,8,12,15H,3-4,7H2,1-2H3. The van der Waals surface area contributed by atoms with Crippen LogP contribution < -0.4 is 5.32 Å². The summed E-state index contributed by atoms with van der Waals surface area (Å²) in [4.78, 5) is 0. The summed E-state index contributed by atoms with van der Waals surface area (Å²) in [6, 6.07) is 6.39. The highest BCUT2D eigenvalue weighted by Gasteiger charge is 2.10. The third kappa shape index (κ3) is 4.06. The lowest BCUT2D eigenvalue weighted by molar-refractivity contribution is 0.189. The molecule has 0 saturated heterocycles. The van der Waals surface area contributed by atoms with E-state index < -0.39 is 0 Å². The first-order chi connectivity index (χ1) is 7.69. The van der Waals surface area contributed by atoms with Crippen LogP contribution in [0.1, 0.15) is 24.4 Å². The lowest BCUT2D eigenvalue weighted by Gasteiger charge is -2.17. The number of hydrogen-bond donors (Lipinski definition) is 1. The van der Waals surface area contributed by atoms with Gasteiger partial charge in [-0.25, -0.2) is 0 Å². The molecule has 16 heavy (non-hydrogen) atoms. The fraction of sp³-hybridized carbons (Fsp3) is 0.500. The summed E-state index contributed by atoms with van der Waals surface area (Å²) >= 11 is 9.41. The van der Waals surface area contributed by atoms with Crippen molar-refractivity contribution in [3.05, 3.63) is 33.3 Å². The minimum Gasteiger partial charge on any atom is -0.385 e. The van der Waals surface area contributed by atoms with Gasteiger partial charge in [0.15, 0.2) is 0 Å². The largest absolute Gasteiger partial charge is 0.385 e. The average molecular weight is 307 g/mol. The van der Waals surface area contributed by atoms with Crippen molar-refractivity contribution in [1.82, 2.24) is 5.32 Å². The Morgan fingerprint density at radius 3 is 2.81 bits per heavy atom. The molecule has 0 aliphatic rings. The van der Waals surface area contributed by atoms with E-state index in [1.807, 2.05) is 13.1 Å². The van der Waals surface area contributed by atoms with E-state index in [1.54, 1.807) is 7.11 Å². The summed E-state index contributed by atoms with van der Waals surface area (Å²) in [5.41, 5.74) is 1.25. The summed E-state index contributed by atoms with van der Waals surface area (Å²) in [6.45, 7) is 0.799. The van der Waals surface area contributed by atoms with Crippen molar-refractivity contribution in [2.75, 3.05) is 20.8 Å². The van der Waals surface area contributed by atoms with Crippen molar-refractivity contribution < 1.29 is 4.74 Å². The van der Waals surface area contributed by atoms with Crippen molar-refractivity contribution in [1.29, 1.82) is 0 Å². The number of nitrogens with one attached hydrogen (secondary N) is 1. The summed E-state index contributed by atoms with van der Waals surface area (Å²) in [5, 5.41) is 4.05. The molecule has 0 saturated carbocycles. The second kappa shape index (κ2) is 7.28. The number of methoxy groups -OCH3 is 1. The summed E-state index contributed by atoms with van der Waals surface area (Å²) in [7, 11) is 3.70. The van der Waals surface area contributed by atoms with Gasteiger partial charge in [-0.05, 0) is 53.5 Å². The molecule has 4 heteroatoms. The van der Waals surface area contributed by atoms with Crippen LogP contribution >= 0.6 is 27.5 Å². The zero-order chi connectivity index (χ0) is 12.0. The van der Waals surface area contributed by atoms with Gasteiger partial charge >= 0.3 is 0 Å². The van der Waals surface area contributed by atoms with E-state index >= 15 is 0 Å². The van der Waals surface area contributed by atoms with Gasteiger partial charge in [-0.3, -0.25) is 0 Å². The zero-order valence-electron chi connectivity index (χ0n) is 9.59. The maximum absolute atomic E-state index is 5.97. The third-order valence-corrected chi connectivity index (χ3v) is 3.75. The van der Waals surface area contributed by atoms with Crippen LogP contribution in [0.3, 0.4) is 0 Å². The van der Waals surface area contributed by atoms with Gasteiger partial charge in [-0.1, -0.05) is 17.7 Å². The maximum atomic E-state index is 5.97. The molecule has 0 spiro atoms. The minimum absolute atomic E-state index is 0.351. The molecule has 1 atom stereocenters. The molecule has 1 unspecified atom stereocenters. The van der Waals surface area contributed by atoms with E-state index in [1.165, 1.54) is 5.56 Å². The quantitative estimate of drug-likeness (QED) is 0.807. The topological polar surface area (TPSA) is 21.3 Å². The molecule has 1 aromatic rings. The Kier molecular flexibility index (Phi) is 6.36. The van der Waals surface area contributed by atoms with Crippen molar-refractivity contribution in [2.45, 2.75) is 18.9 Å². The molecule has 0 aliphatic heterocycles. The van der Waals surface area contributed by atoms with Crippen LogP contribution in [-0.4, -0.2) is 20.8 Å². The van der Waals surface area contributed by atoms with Crippen molar-refractivity contribution in [3.63, 3.8) is 0 Å². The summed E-state index contributed by atoms with van der Waals surface area (Å²) in [6.07, 6.45) is 2.10. The predicted octanol–water partition coefficient (Wildman–Crippen LogP) is 3.79. The van der Waals surface area contributed by atoms with Crippen molar-refractivity contribution >= 4 is 27.5 Å². The molecule has 0 aromatic heterocycles. The number of ether oxygens (including phenoxy) is 1.